The number of para-hydroxylation sites is 1. The number of hydrogen-bond donors (Lipinski definition) is 2. The topological polar surface area (TPSA) is 49.7 Å². The van der Waals surface area contributed by atoms with Crippen LogP contribution in [0.25, 0.3) is 0 Å². The first-order chi connectivity index (χ1) is 8.33. The Morgan fingerprint density at radius 1 is 0.882 bits per heavy atom. The Hall–Kier alpha value is -1.84. The van der Waals surface area contributed by atoms with E-state index in [1.54, 1.807) is 12.1 Å². The number of aliphatic hydroxyl groups is 2. The van der Waals surface area contributed by atoms with E-state index < -0.39 is 0 Å². The van der Waals surface area contributed by atoms with Crippen LogP contribution in [0.15, 0.2) is 48.5 Å². The van der Waals surface area contributed by atoms with Gasteiger partial charge < -0.3 is 14.9 Å². The molecule has 0 saturated heterocycles. The van der Waals surface area contributed by atoms with Crippen LogP contribution in [-0.2, 0) is 13.2 Å². The molecule has 0 aliphatic carbocycles. The summed E-state index contributed by atoms with van der Waals surface area (Å²) in [6.07, 6.45) is 0. The standard InChI is InChI=1S/C14H14O3/c15-9-11-4-3-6-13(8-11)17-14-7-2-1-5-12(14)10-16/h1-8,15-16H,9-10H2. The van der Waals surface area contributed by atoms with E-state index in [1.807, 2.05) is 36.4 Å². The van der Waals surface area contributed by atoms with E-state index in [1.165, 1.54) is 0 Å². The zero-order valence-electron chi connectivity index (χ0n) is 9.34. The SMILES string of the molecule is OCc1cccc(Oc2ccccc2CO)c1. The molecule has 0 aliphatic rings. The number of benzene rings is 2. The van der Waals surface area contributed by atoms with Gasteiger partial charge in [0.15, 0.2) is 0 Å². The highest BCUT2D eigenvalue weighted by molar-refractivity contribution is 5.38. The van der Waals surface area contributed by atoms with Crippen LogP contribution >= 0.6 is 0 Å². The summed E-state index contributed by atoms with van der Waals surface area (Å²) < 4.78 is 5.67. The van der Waals surface area contributed by atoms with Crippen LogP contribution in [0.5, 0.6) is 11.5 Å². The first-order valence-corrected chi connectivity index (χ1v) is 5.40. The van der Waals surface area contributed by atoms with Crippen molar-refractivity contribution in [2.75, 3.05) is 0 Å². The molecule has 0 amide bonds. The first-order valence-electron chi connectivity index (χ1n) is 5.40. The zero-order valence-corrected chi connectivity index (χ0v) is 9.34. The molecule has 2 aromatic rings. The Morgan fingerprint density at radius 3 is 2.47 bits per heavy atom. The summed E-state index contributed by atoms with van der Waals surface area (Å²) in [5, 5.41) is 18.2. The van der Waals surface area contributed by atoms with Crippen LogP contribution < -0.4 is 4.74 Å². The van der Waals surface area contributed by atoms with Crippen molar-refractivity contribution in [3.05, 3.63) is 59.7 Å². The monoisotopic (exact) mass is 230 g/mol. The van der Waals surface area contributed by atoms with Crippen LogP contribution in [0, 0.1) is 0 Å². The van der Waals surface area contributed by atoms with Gasteiger partial charge in [-0.3, -0.25) is 0 Å². The fourth-order valence-corrected chi connectivity index (χ4v) is 1.57. The highest BCUT2D eigenvalue weighted by Gasteiger charge is 2.03. The molecule has 0 fully saturated rings. The van der Waals surface area contributed by atoms with E-state index in [-0.39, 0.29) is 13.2 Å². The van der Waals surface area contributed by atoms with Crippen LogP contribution in [-0.4, -0.2) is 10.2 Å². The summed E-state index contributed by atoms with van der Waals surface area (Å²) >= 11 is 0. The number of aliphatic hydroxyl groups excluding tert-OH is 2. The third-order valence-electron chi connectivity index (χ3n) is 2.45. The van der Waals surface area contributed by atoms with E-state index in [0.717, 1.165) is 11.1 Å². The van der Waals surface area contributed by atoms with Crippen molar-refractivity contribution in [2.45, 2.75) is 13.2 Å². The second-order valence-electron chi connectivity index (χ2n) is 3.67. The van der Waals surface area contributed by atoms with Crippen molar-refractivity contribution in [3.8, 4) is 11.5 Å². The molecule has 0 spiro atoms. The predicted octanol–water partition coefficient (Wildman–Crippen LogP) is 2.46. The second-order valence-corrected chi connectivity index (χ2v) is 3.67. The van der Waals surface area contributed by atoms with Crippen molar-refractivity contribution in [1.29, 1.82) is 0 Å². The van der Waals surface area contributed by atoms with E-state index in [2.05, 4.69) is 0 Å². The smallest absolute Gasteiger partial charge is 0.132 e. The van der Waals surface area contributed by atoms with Gasteiger partial charge in [0.05, 0.1) is 13.2 Å². The van der Waals surface area contributed by atoms with Crippen molar-refractivity contribution in [3.63, 3.8) is 0 Å². The fraction of sp³-hybridized carbons (Fsp3) is 0.143. The third-order valence-corrected chi connectivity index (χ3v) is 2.45. The molecule has 0 bridgehead atoms. The summed E-state index contributed by atoms with van der Waals surface area (Å²) in [5.74, 6) is 1.28. The maximum Gasteiger partial charge on any atom is 0.132 e. The van der Waals surface area contributed by atoms with Crippen molar-refractivity contribution < 1.29 is 14.9 Å². The highest BCUT2D eigenvalue weighted by Crippen LogP contribution is 2.25. The minimum atomic E-state index is -0.0597. The van der Waals surface area contributed by atoms with Crippen LogP contribution in [0.3, 0.4) is 0 Å². The van der Waals surface area contributed by atoms with Gasteiger partial charge in [0.25, 0.3) is 0 Å². The Labute approximate surface area is 99.9 Å². The van der Waals surface area contributed by atoms with Gasteiger partial charge >= 0.3 is 0 Å². The molecule has 17 heavy (non-hydrogen) atoms. The minimum Gasteiger partial charge on any atom is -0.457 e. The lowest BCUT2D eigenvalue weighted by Crippen LogP contribution is -1.92. The molecule has 0 radical (unpaired) electrons. The quantitative estimate of drug-likeness (QED) is 0.848. The second kappa shape index (κ2) is 5.48. The molecule has 2 N–H and O–H groups in total. The maximum absolute atomic E-state index is 9.18. The van der Waals surface area contributed by atoms with Gasteiger partial charge in [-0.2, -0.15) is 0 Å². The summed E-state index contributed by atoms with van der Waals surface area (Å²) in [4.78, 5) is 0. The number of ether oxygens (including phenoxy) is 1. The molecule has 0 aliphatic heterocycles. The maximum atomic E-state index is 9.18. The molecule has 88 valence electrons. The molecule has 2 rings (SSSR count). The third kappa shape index (κ3) is 2.84. The van der Waals surface area contributed by atoms with Gasteiger partial charge in [0.1, 0.15) is 11.5 Å². The summed E-state index contributed by atoms with van der Waals surface area (Å²) in [6.45, 7) is -0.0747. The average Bonchev–Trinajstić information content (AvgIpc) is 2.39. The van der Waals surface area contributed by atoms with Gasteiger partial charge in [0, 0.05) is 5.56 Å². The summed E-state index contributed by atoms with van der Waals surface area (Å²) in [5.41, 5.74) is 1.53. The molecule has 3 nitrogen and oxygen atoms in total. The van der Waals surface area contributed by atoms with E-state index in [9.17, 15) is 5.11 Å². The zero-order chi connectivity index (χ0) is 12.1. The van der Waals surface area contributed by atoms with Gasteiger partial charge in [-0.25, -0.2) is 0 Å². The predicted molar refractivity (Wildman–Crippen MR) is 64.8 cm³/mol. The molecule has 2 aromatic carbocycles. The first kappa shape index (κ1) is 11.6. The van der Waals surface area contributed by atoms with E-state index in [0.29, 0.717) is 11.5 Å². The molecule has 0 atom stereocenters. The van der Waals surface area contributed by atoms with Gasteiger partial charge in [-0.05, 0) is 23.8 Å². The fourth-order valence-electron chi connectivity index (χ4n) is 1.57. The lowest BCUT2D eigenvalue weighted by molar-refractivity contribution is 0.275. The normalized spacial score (nSPS) is 10.2. The van der Waals surface area contributed by atoms with Crippen LogP contribution in [0.4, 0.5) is 0 Å². The van der Waals surface area contributed by atoms with Crippen molar-refractivity contribution >= 4 is 0 Å². The molecule has 0 aromatic heterocycles. The molecule has 0 heterocycles. The lowest BCUT2D eigenvalue weighted by atomic mass is 10.2. The largest absolute Gasteiger partial charge is 0.457 e. The van der Waals surface area contributed by atoms with Crippen molar-refractivity contribution in [1.82, 2.24) is 0 Å². The number of hydrogen-bond acceptors (Lipinski definition) is 3. The summed E-state index contributed by atoms with van der Waals surface area (Å²) in [7, 11) is 0. The molecule has 0 unspecified atom stereocenters. The summed E-state index contributed by atoms with van der Waals surface area (Å²) in [6, 6.07) is 14.5. The van der Waals surface area contributed by atoms with Gasteiger partial charge in [-0.1, -0.05) is 30.3 Å². The van der Waals surface area contributed by atoms with Gasteiger partial charge in [0.2, 0.25) is 0 Å². The van der Waals surface area contributed by atoms with Crippen LogP contribution in [0.1, 0.15) is 11.1 Å². The van der Waals surface area contributed by atoms with E-state index in [4.69, 9.17) is 9.84 Å². The minimum absolute atomic E-state index is 0.0150. The highest BCUT2D eigenvalue weighted by atomic mass is 16.5. The molecular weight excluding hydrogens is 216 g/mol. The number of rotatable bonds is 4. The Bertz CT molecular complexity index is 494. The van der Waals surface area contributed by atoms with Crippen molar-refractivity contribution in [2.24, 2.45) is 0 Å². The average molecular weight is 230 g/mol. The molecular formula is C14H14O3. The Balaban J connectivity index is 2.24. The Kier molecular flexibility index (Phi) is 3.75. The molecule has 3 heteroatoms. The molecule has 0 saturated carbocycles. The lowest BCUT2D eigenvalue weighted by Gasteiger charge is -2.10. The van der Waals surface area contributed by atoms with E-state index >= 15 is 0 Å². The van der Waals surface area contributed by atoms with Gasteiger partial charge in [-0.15, -0.1) is 0 Å². The Morgan fingerprint density at radius 2 is 1.71 bits per heavy atom. The van der Waals surface area contributed by atoms with Crippen LogP contribution in [0.2, 0.25) is 0 Å².